The van der Waals surface area contributed by atoms with Gasteiger partial charge in [-0.3, -0.25) is 27.8 Å². The Morgan fingerprint density at radius 3 is 2.48 bits per heavy atom. The zero-order valence-electron chi connectivity index (χ0n) is 14.3. The zero-order chi connectivity index (χ0) is 22.2. The number of aromatic amines is 1. The van der Waals surface area contributed by atoms with Gasteiger partial charge in [-0.05, 0) is 19.1 Å². The first-order chi connectivity index (χ1) is 13.1. The lowest BCUT2D eigenvalue weighted by Crippen LogP contribution is -2.27. The summed E-state index contributed by atoms with van der Waals surface area (Å²) >= 11 is 4.99. The van der Waals surface area contributed by atoms with Gasteiger partial charge in [-0.25, -0.2) is 4.31 Å². The Labute approximate surface area is 167 Å². The smallest absolute Gasteiger partial charge is 0.278 e. The fourth-order valence-electron chi connectivity index (χ4n) is 2.28. The molecule has 19 heteroatoms. The SMILES string of the molecule is Cc1cn(C2CC(O)C(COP(=O)([O-])OP(=O)([O-])OP(=O)([O-])[O-])O2)c(=S)[nH]c1=O. The number of aliphatic hydroxyl groups is 1. The number of hydrogen-bond acceptors (Lipinski definition) is 14. The number of H-pyrrole nitrogens is 1. The average molecular weight is 494 g/mol. The molecule has 5 atom stereocenters. The van der Waals surface area contributed by atoms with Crippen LogP contribution in [-0.4, -0.2) is 33.5 Å². The minimum absolute atomic E-state index is 0.0266. The van der Waals surface area contributed by atoms with Crippen LogP contribution < -0.4 is 25.1 Å². The van der Waals surface area contributed by atoms with Gasteiger partial charge in [-0.2, -0.15) is 0 Å². The molecule has 0 spiro atoms. The second-order valence-corrected chi connectivity index (χ2v) is 10.3. The van der Waals surface area contributed by atoms with E-state index in [0.717, 1.165) is 0 Å². The molecule has 15 nitrogen and oxygen atoms in total. The van der Waals surface area contributed by atoms with E-state index in [1.165, 1.54) is 17.7 Å². The molecule has 0 aromatic carbocycles. The van der Waals surface area contributed by atoms with Crippen LogP contribution in [-0.2, 0) is 31.6 Å². The van der Waals surface area contributed by atoms with Gasteiger partial charge in [0, 0.05) is 18.2 Å². The number of aryl methyl sites for hydroxylation is 1. The number of aliphatic hydroxyl groups excluding tert-OH is 1. The molecule has 1 saturated heterocycles. The maximum atomic E-state index is 11.5. The molecule has 0 saturated carbocycles. The summed E-state index contributed by atoms with van der Waals surface area (Å²) in [6.45, 7) is 0.563. The normalized spacial score (nSPS) is 26.8. The molecule has 29 heavy (non-hydrogen) atoms. The van der Waals surface area contributed by atoms with Crippen molar-refractivity contribution in [2.45, 2.75) is 31.8 Å². The molecular weight excluding hydrogens is 481 g/mol. The molecule has 166 valence electrons. The number of rotatable bonds is 8. The first-order valence-corrected chi connectivity index (χ1v) is 12.2. The van der Waals surface area contributed by atoms with Gasteiger partial charge in [0.15, 0.2) is 4.77 Å². The number of phosphoric acid groups is 3. The first kappa shape index (κ1) is 24.7. The van der Waals surface area contributed by atoms with E-state index in [0.29, 0.717) is 0 Å². The standard InChI is InChI=1S/C10H17N2O13P3S/c1-5-3-12(10(29)11-9(5)14)8-2-6(13)7(23-8)4-22-27(18,19)25-28(20,21)24-26(15,16)17/h3,6-8,13H,2,4H2,1H3,(H,18,19)(H,20,21)(H,11,14,29)(H2,15,16,17)/p-4. The Morgan fingerprint density at radius 2 is 1.90 bits per heavy atom. The second-order valence-electron chi connectivity index (χ2n) is 5.71. The van der Waals surface area contributed by atoms with Crippen LogP contribution in [0.3, 0.4) is 0 Å². The number of phosphoric ester groups is 1. The summed E-state index contributed by atoms with van der Waals surface area (Å²) in [5.41, 5.74) is -0.145. The Hall–Kier alpha value is -0.570. The Kier molecular flexibility index (Phi) is 7.57. The predicted octanol–water partition coefficient (Wildman–Crippen LogP) is -2.32. The number of nitrogens with one attached hydrogen (secondary N) is 1. The maximum Gasteiger partial charge on any atom is 0.278 e. The van der Waals surface area contributed by atoms with Crippen molar-refractivity contribution in [1.29, 1.82) is 0 Å². The lowest BCUT2D eigenvalue weighted by Gasteiger charge is -2.37. The van der Waals surface area contributed by atoms with Crippen LogP contribution in [0.25, 0.3) is 0 Å². The van der Waals surface area contributed by atoms with Crippen molar-refractivity contribution in [1.82, 2.24) is 9.55 Å². The van der Waals surface area contributed by atoms with Gasteiger partial charge < -0.3 is 38.5 Å². The van der Waals surface area contributed by atoms with Gasteiger partial charge in [-0.15, -0.1) is 0 Å². The zero-order valence-corrected chi connectivity index (χ0v) is 17.8. The molecule has 1 fully saturated rings. The summed E-state index contributed by atoms with van der Waals surface area (Å²) in [7, 11) is -17.9. The van der Waals surface area contributed by atoms with E-state index < -0.39 is 54.1 Å². The number of nitrogens with zero attached hydrogens (tertiary/aromatic N) is 1. The summed E-state index contributed by atoms with van der Waals surface area (Å²) in [6, 6.07) is 0. The van der Waals surface area contributed by atoms with E-state index >= 15 is 0 Å². The molecule has 2 heterocycles. The van der Waals surface area contributed by atoms with E-state index in [1.807, 2.05) is 0 Å². The summed E-state index contributed by atoms with van der Waals surface area (Å²) in [5, 5.41) is 10.0. The van der Waals surface area contributed by atoms with Crippen molar-refractivity contribution in [2.75, 3.05) is 6.61 Å². The van der Waals surface area contributed by atoms with Gasteiger partial charge in [0.1, 0.15) is 12.3 Å². The van der Waals surface area contributed by atoms with Crippen molar-refractivity contribution in [3.63, 3.8) is 0 Å². The fourth-order valence-corrected chi connectivity index (χ4v) is 5.41. The average Bonchev–Trinajstić information content (AvgIpc) is 2.86. The Morgan fingerprint density at radius 1 is 1.28 bits per heavy atom. The van der Waals surface area contributed by atoms with Crippen LogP contribution in [0.5, 0.6) is 0 Å². The Balaban J connectivity index is 2.03. The lowest BCUT2D eigenvalue weighted by atomic mass is 10.2. The highest BCUT2D eigenvalue weighted by molar-refractivity contribution is 7.71. The predicted molar refractivity (Wildman–Crippen MR) is 86.1 cm³/mol. The van der Waals surface area contributed by atoms with Gasteiger partial charge in [0.2, 0.25) is 0 Å². The third-order valence-corrected chi connectivity index (χ3v) is 7.44. The van der Waals surface area contributed by atoms with Crippen molar-refractivity contribution in [3.05, 3.63) is 26.9 Å². The number of aromatic nitrogens is 2. The van der Waals surface area contributed by atoms with Gasteiger partial charge >= 0.3 is 0 Å². The molecule has 0 bridgehead atoms. The summed E-state index contributed by atoms with van der Waals surface area (Å²) < 4.78 is 50.3. The topological polar surface area (TPSA) is 238 Å². The summed E-state index contributed by atoms with van der Waals surface area (Å²) in [4.78, 5) is 57.0. The summed E-state index contributed by atoms with van der Waals surface area (Å²) in [5.74, 6) is 0. The van der Waals surface area contributed by atoms with Crippen molar-refractivity contribution in [2.24, 2.45) is 0 Å². The highest BCUT2D eigenvalue weighted by Crippen LogP contribution is 2.60. The van der Waals surface area contributed by atoms with Gasteiger partial charge in [0.05, 0.1) is 20.5 Å². The largest absolute Gasteiger partial charge is 0.790 e. The van der Waals surface area contributed by atoms with Crippen LogP contribution in [0.15, 0.2) is 11.0 Å². The second kappa shape index (κ2) is 8.89. The molecule has 2 rings (SSSR count). The minimum Gasteiger partial charge on any atom is -0.790 e. The van der Waals surface area contributed by atoms with E-state index in [2.05, 4.69) is 18.1 Å². The maximum absolute atomic E-state index is 11.5. The number of hydrogen-bond donors (Lipinski definition) is 2. The van der Waals surface area contributed by atoms with Crippen molar-refractivity contribution < 1.29 is 56.3 Å². The lowest BCUT2D eigenvalue weighted by molar-refractivity contribution is -0.339. The number of ether oxygens (including phenoxy) is 1. The third kappa shape index (κ3) is 7.26. The van der Waals surface area contributed by atoms with Gasteiger partial charge in [0.25, 0.3) is 21.2 Å². The molecular formula is C10H13N2O13P3S-4. The molecule has 1 aliphatic heterocycles. The van der Waals surface area contributed by atoms with E-state index in [1.54, 1.807) is 0 Å². The molecule has 1 aromatic rings. The van der Waals surface area contributed by atoms with Crippen LogP contribution in [0.1, 0.15) is 18.2 Å². The van der Waals surface area contributed by atoms with E-state index in [9.17, 15) is 43.2 Å². The Bertz CT molecular complexity index is 1020. The summed E-state index contributed by atoms with van der Waals surface area (Å²) in [6.07, 6.45) is -2.21. The molecule has 0 aliphatic carbocycles. The van der Waals surface area contributed by atoms with Crippen molar-refractivity contribution in [3.8, 4) is 0 Å². The molecule has 5 unspecified atom stereocenters. The van der Waals surface area contributed by atoms with Crippen LogP contribution in [0, 0.1) is 11.7 Å². The highest BCUT2D eigenvalue weighted by atomic mass is 32.1. The van der Waals surface area contributed by atoms with E-state index in [-0.39, 0.29) is 16.8 Å². The van der Waals surface area contributed by atoms with Gasteiger partial charge in [-0.1, -0.05) is 0 Å². The quantitative estimate of drug-likeness (QED) is 0.285. The molecule has 0 amide bonds. The molecule has 1 aliphatic rings. The van der Waals surface area contributed by atoms with Crippen LogP contribution in [0.4, 0.5) is 0 Å². The fraction of sp³-hybridized carbons (Fsp3) is 0.600. The molecule has 2 N–H and O–H groups in total. The van der Waals surface area contributed by atoms with Crippen LogP contribution in [0.2, 0.25) is 0 Å². The van der Waals surface area contributed by atoms with Crippen LogP contribution >= 0.6 is 35.7 Å². The van der Waals surface area contributed by atoms with Crippen molar-refractivity contribution >= 4 is 35.7 Å². The molecule has 0 radical (unpaired) electrons. The first-order valence-electron chi connectivity index (χ1n) is 7.45. The highest BCUT2D eigenvalue weighted by Gasteiger charge is 2.36. The monoisotopic (exact) mass is 494 g/mol. The minimum atomic E-state index is -6.10. The third-order valence-electron chi connectivity index (χ3n) is 3.46. The van der Waals surface area contributed by atoms with E-state index in [4.69, 9.17) is 17.0 Å². The molecule has 1 aromatic heterocycles.